The van der Waals surface area contributed by atoms with Gasteiger partial charge >= 0.3 is 0 Å². The van der Waals surface area contributed by atoms with Crippen LogP contribution < -0.4 is 19.5 Å². The van der Waals surface area contributed by atoms with Gasteiger partial charge in [-0.25, -0.2) is 0 Å². The molecule has 3 rings (SSSR count). The Morgan fingerprint density at radius 1 is 1.10 bits per heavy atom. The monoisotopic (exact) mass is 443 g/mol. The van der Waals surface area contributed by atoms with Crippen LogP contribution in [-0.4, -0.2) is 52.2 Å². The van der Waals surface area contributed by atoms with Crippen LogP contribution in [0.1, 0.15) is 19.4 Å². The number of methoxy groups -OCH3 is 1. The number of carbonyl (C=O) groups excluding carboxylic acids is 1. The molecule has 31 heavy (non-hydrogen) atoms. The number of benzene rings is 2. The summed E-state index contributed by atoms with van der Waals surface area (Å²) in [6.07, 6.45) is 0. The van der Waals surface area contributed by atoms with Gasteiger partial charge in [-0.05, 0) is 61.0 Å². The SMILES string of the molecule is CCOc1ccc(OCC)c(NC(=O)CSc2nnnn2-c2cc(C)ccc2OC)c1. The molecule has 0 fully saturated rings. The first-order valence-electron chi connectivity index (χ1n) is 9.81. The van der Waals surface area contributed by atoms with Gasteiger partial charge in [0.15, 0.2) is 0 Å². The summed E-state index contributed by atoms with van der Waals surface area (Å²) in [5.41, 5.74) is 2.30. The number of nitrogens with one attached hydrogen (secondary N) is 1. The van der Waals surface area contributed by atoms with Crippen molar-refractivity contribution < 1.29 is 19.0 Å². The number of tetrazole rings is 1. The summed E-state index contributed by atoms with van der Waals surface area (Å²) >= 11 is 1.22. The molecular weight excluding hydrogens is 418 g/mol. The maximum absolute atomic E-state index is 12.6. The van der Waals surface area contributed by atoms with E-state index < -0.39 is 0 Å². The summed E-state index contributed by atoms with van der Waals surface area (Å²) in [6, 6.07) is 11.1. The van der Waals surface area contributed by atoms with Crippen LogP contribution in [-0.2, 0) is 4.79 Å². The van der Waals surface area contributed by atoms with Crippen LogP contribution in [0, 0.1) is 6.92 Å². The van der Waals surface area contributed by atoms with Crippen LogP contribution >= 0.6 is 11.8 Å². The maximum atomic E-state index is 12.6. The summed E-state index contributed by atoms with van der Waals surface area (Å²) in [4.78, 5) is 12.6. The van der Waals surface area contributed by atoms with Crippen molar-refractivity contribution in [3.63, 3.8) is 0 Å². The Morgan fingerprint density at radius 2 is 1.87 bits per heavy atom. The largest absolute Gasteiger partial charge is 0.494 e. The molecule has 1 amide bonds. The number of rotatable bonds is 10. The second kappa shape index (κ2) is 10.7. The van der Waals surface area contributed by atoms with Crippen molar-refractivity contribution in [2.45, 2.75) is 25.9 Å². The molecule has 2 aromatic carbocycles. The van der Waals surface area contributed by atoms with E-state index in [4.69, 9.17) is 14.2 Å². The minimum Gasteiger partial charge on any atom is -0.494 e. The topological polar surface area (TPSA) is 100 Å². The van der Waals surface area contributed by atoms with E-state index in [0.717, 1.165) is 5.56 Å². The maximum Gasteiger partial charge on any atom is 0.234 e. The molecule has 0 aliphatic rings. The molecule has 1 heterocycles. The van der Waals surface area contributed by atoms with Crippen LogP contribution in [0.5, 0.6) is 17.2 Å². The minimum atomic E-state index is -0.217. The normalized spacial score (nSPS) is 10.6. The van der Waals surface area contributed by atoms with Crippen molar-refractivity contribution in [2.75, 3.05) is 31.4 Å². The summed E-state index contributed by atoms with van der Waals surface area (Å²) < 4.78 is 18.1. The fourth-order valence-electron chi connectivity index (χ4n) is 2.85. The molecule has 0 unspecified atom stereocenters. The first kappa shape index (κ1) is 22.4. The number of hydrogen-bond acceptors (Lipinski definition) is 8. The highest BCUT2D eigenvalue weighted by atomic mass is 32.2. The van der Waals surface area contributed by atoms with Crippen LogP contribution in [0.2, 0.25) is 0 Å². The molecular formula is C21H25N5O4S. The highest BCUT2D eigenvalue weighted by Gasteiger charge is 2.16. The zero-order valence-electron chi connectivity index (χ0n) is 17.9. The first-order valence-corrected chi connectivity index (χ1v) is 10.8. The Bertz CT molecular complexity index is 1040. The number of amides is 1. The second-order valence-electron chi connectivity index (χ2n) is 6.41. The third kappa shape index (κ3) is 5.66. The first-order chi connectivity index (χ1) is 15.0. The smallest absolute Gasteiger partial charge is 0.234 e. The molecule has 9 nitrogen and oxygen atoms in total. The molecule has 1 aromatic heterocycles. The lowest BCUT2D eigenvalue weighted by Crippen LogP contribution is -2.15. The molecule has 0 aliphatic heterocycles. The average Bonchev–Trinajstić information content (AvgIpc) is 3.23. The quantitative estimate of drug-likeness (QED) is 0.475. The van der Waals surface area contributed by atoms with Crippen molar-refractivity contribution in [1.29, 1.82) is 0 Å². The zero-order chi connectivity index (χ0) is 22.2. The number of anilines is 1. The van der Waals surface area contributed by atoms with Gasteiger partial charge in [0, 0.05) is 6.07 Å². The predicted molar refractivity (Wildman–Crippen MR) is 119 cm³/mol. The molecule has 3 aromatic rings. The average molecular weight is 444 g/mol. The lowest BCUT2D eigenvalue weighted by atomic mass is 10.2. The molecule has 0 aliphatic carbocycles. The van der Waals surface area contributed by atoms with Gasteiger partial charge in [0.1, 0.15) is 22.9 Å². The molecule has 0 radical (unpaired) electrons. The Morgan fingerprint density at radius 3 is 2.61 bits per heavy atom. The molecule has 1 N–H and O–H groups in total. The van der Waals surface area contributed by atoms with Crippen LogP contribution in [0.4, 0.5) is 5.69 Å². The van der Waals surface area contributed by atoms with Crippen molar-refractivity contribution in [1.82, 2.24) is 20.2 Å². The van der Waals surface area contributed by atoms with Crippen molar-refractivity contribution in [2.24, 2.45) is 0 Å². The van der Waals surface area contributed by atoms with Gasteiger partial charge in [-0.15, -0.1) is 5.10 Å². The highest BCUT2D eigenvalue weighted by Crippen LogP contribution is 2.30. The number of carbonyl (C=O) groups is 1. The molecule has 10 heteroatoms. The third-order valence-electron chi connectivity index (χ3n) is 4.17. The van der Waals surface area contributed by atoms with Crippen molar-refractivity contribution in [3.05, 3.63) is 42.0 Å². The van der Waals surface area contributed by atoms with E-state index in [2.05, 4.69) is 20.8 Å². The number of ether oxygens (including phenoxy) is 3. The summed E-state index contributed by atoms with van der Waals surface area (Å²) in [5.74, 6) is 1.77. The fraction of sp³-hybridized carbons (Fsp3) is 0.333. The molecule has 164 valence electrons. The number of hydrogen-bond donors (Lipinski definition) is 1. The Labute approximate surface area is 185 Å². The number of nitrogens with zero attached hydrogens (tertiary/aromatic N) is 4. The van der Waals surface area contributed by atoms with Crippen LogP contribution in [0.3, 0.4) is 0 Å². The van der Waals surface area contributed by atoms with Gasteiger partial charge in [-0.1, -0.05) is 17.8 Å². The van der Waals surface area contributed by atoms with Crippen LogP contribution in [0.15, 0.2) is 41.6 Å². The summed E-state index contributed by atoms with van der Waals surface area (Å²) in [7, 11) is 1.59. The number of aryl methyl sites for hydroxylation is 1. The van der Waals surface area contributed by atoms with Gasteiger partial charge in [0.2, 0.25) is 11.1 Å². The minimum absolute atomic E-state index is 0.110. The lowest BCUT2D eigenvalue weighted by molar-refractivity contribution is -0.113. The van der Waals surface area contributed by atoms with E-state index in [0.29, 0.717) is 47.0 Å². The van der Waals surface area contributed by atoms with Gasteiger partial charge in [0.05, 0.1) is 31.8 Å². The van der Waals surface area contributed by atoms with Crippen LogP contribution in [0.25, 0.3) is 5.69 Å². The van der Waals surface area contributed by atoms with Gasteiger partial charge in [-0.3, -0.25) is 4.79 Å². The lowest BCUT2D eigenvalue weighted by Gasteiger charge is -2.13. The highest BCUT2D eigenvalue weighted by molar-refractivity contribution is 7.99. The molecule has 0 atom stereocenters. The number of thioether (sulfide) groups is 1. The van der Waals surface area contributed by atoms with E-state index in [-0.39, 0.29) is 11.7 Å². The summed E-state index contributed by atoms with van der Waals surface area (Å²) in [5, 5.41) is 15.2. The van der Waals surface area contributed by atoms with E-state index in [1.165, 1.54) is 11.8 Å². The molecule has 0 saturated heterocycles. The third-order valence-corrected chi connectivity index (χ3v) is 5.09. The molecule has 0 spiro atoms. The summed E-state index contributed by atoms with van der Waals surface area (Å²) in [6.45, 7) is 6.77. The van der Waals surface area contributed by atoms with Gasteiger partial charge in [-0.2, -0.15) is 4.68 Å². The van der Waals surface area contributed by atoms with E-state index in [1.807, 2.05) is 45.0 Å². The van der Waals surface area contributed by atoms with E-state index in [9.17, 15) is 4.79 Å². The fourth-order valence-corrected chi connectivity index (χ4v) is 3.53. The zero-order valence-corrected chi connectivity index (χ0v) is 18.7. The predicted octanol–water partition coefficient (Wildman–Crippen LogP) is 3.51. The Hall–Kier alpha value is -3.27. The van der Waals surface area contributed by atoms with E-state index in [1.54, 1.807) is 23.9 Å². The standard InChI is InChI=1S/C21H25N5O4S/c1-5-29-15-8-10-18(30-6-2)16(12-15)22-20(27)13-31-21-23-24-25-26(21)17-11-14(3)7-9-19(17)28-4/h7-12H,5-6,13H2,1-4H3,(H,22,27). The van der Waals surface area contributed by atoms with Crippen molar-refractivity contribution in [3.8, 4) is 22.9 Å². The Kier molecular flexibility index (Phi) is 7.71. The Balaban J connectivity index is 1.73. The van der Waals surface area contributed by atoms with Gasteiger partial charge in [0.25, 0.3) is 0 Å². The molecule has 0 saturated carbocycles. The molecule has 0 bridgehead atoms. The number of aromatic nitrogens is 4. The van der Waals surface area contributed by atoms with Gasteiger partial charge < -0.3 is 19.5 Å². The van der Waals surface area contributed by atoms with E-state index >= 15 is 0 Å². The second-order valence-corrected chi connectivity index (χ2v) is 7.35. The van der Waals surface area contributed by atoms with Crippen molar-refractivity contribution >= 4 is 23.4 Å².